The van der Waals surface area contributed by atoms with Crippen molar-refractivity contribution < 1.29 is 23.9 Å². The summed E-state index contributed by atoms with van der Waals surface area (Å²) in [6.07, 6.45) is 3.75. The number of likely N-dealkylation sites (N-methyl/N-ethyl adjacent to an activating group) is 1. The Morgan fingerprint density at radius 3 is 2.83 bits per heavy atom. The van der Waals surface area contributed by atoms with Gasteiger partial charge >= 0.3 is 6.03 Å². The highest BCUT2D eigenvalue weighted by atomic mass is 16.5. The number of nitrogens with zero attached hydrogens (tertiary/aromatic N) is 1. The van der Waals surface area contributed by atoms with E-state index in [1.54, 1.807) is 6.07 Å². The first kappa shape index (κ1) is 23.7. The number of amides is 5. The summed E-state index contributed by atoms with van der Waals surface area (Å²) < 4.78 is 5.80. The van der Waals surface area contributed by atoms with Gasteiger partial charge in [0.25, 0.3) is 5.91 Å². The fraction of sp³-hybridized carbons (Fsp3) is 0.600. The molecule has 4 N–H and O–H groups in total. The Bertz CT molecular complexity index is 1040. The Morgan fingerprint density at radius 1 is 1.23 bits per heavy atom. The summed E-state index contributed by atoms with van der Waals surface area (Å²) in [5, 5.41) is 11.5. The fourth-order valence-electron chi connectivity index (χ4n) is 6.09. The Balaban J connectivity index is 1.10. The average molecular weight is 484 g/mol. The van der Waals surface area contributed by atoms with Crippen molar-refractivity contribution in [1.82, 2.24) is 26.2 Å². The Hall–Kier alpha value is -2.98. The van der Waals surface area contributed by atoms with Gasteiger partial charge in [-0.1, -0.05) is 12.1 Å². The van der Waals surface area contributed by atoms with Crippen molar-refractivity contribution in [3.63, 3.8) is 0 Å². The molecule has 2 heterocycles. The second-order valence-corrected chi connectivity index (χ2v) is 10.4. The lowest BCUT2D eigenvalue weighted by atomic mass is 9.70. The molecule has 2 unspecified atom stereocenters. The molecule has 6 rings (SSSR count). The number of piperidine rings is 1. The van der Waals surface area contributed by atoms with Crippen molar-refractivity contribution in [2.45, 2.75) is 57.3 Å². The zero-order valence-corrected chi connectivity index (χ0v) is 20.0. The van der Waals surface area contributed by atoms with Crippen molar-refractivity contribution in [3.05, 3.63) is 34.9 Å². The van der Waals surface area contributed by atoms with Crippen LogP contribution in [0.3, 0.4) is 0 Å². The zero-order valence-electron chi connectivity index (χ0n) is 20.0. The molecular weight excluding hydrogens is 450 g/mol. The number of urea groups is 1. The van der Waals surface area contributed by atoms with E-state index in [0.717, 1.165) is 43.5 Å². The number of benzene rings is 1. The molecule has 5 amide bonds. The standard InChI is InChI=1S/C25H33N5O5/c1-26-6-7-35-14-25-9-17(10-25)19(11-25)28-24(34)27-12-15-2-3-18-16(8-15)13-30(23(18)33)20-4-5-21(31)29-22(20)32/h2-3,8,17,19-20,26H,4-7,9-14H2,1H3,(H2,27,28,34)(H,29,31,32). The number of fused-ring (bicyclic) bond motifs is 2. The molecule has 2 atom stereocenters. The van der Waals surface area contributed by atoms with Crippen LogP contribution in [0.5, 0.6) is 0 Å². The van der Waals surface area contributed by atoms with Gasteiger partial charge in [0.1, 0.15) is 6.04 Å². The van der Waals surface area contributed by atoms with Gasteiger partial charge in [-0.2, -0.15) is 0 Å². The molecule has 3 aliphatic carbocycles. The third kappa shape index (κ3) is 4.77. The van der Waals surface area contributed by atoms with E-state index in [0.29, 0.717) is 37.6 Å². The summed E-state index contributed by atoms with van der Waals surface area (Å²) in [4.78, 5) is 50.5. The van der Waals surface area contributed by atoms with Gasteiger partial charge in [0.2, 0.25) is 11.8 Å². The average Bonchev–Trinajstić information content (AvgIpc) is 3.44. The van der Waals surface area contributed by atoms with Gasteiger partial charge in [-0.25, -0.2) is 4.79 Å². The number of nitrogens with one attached hydrogen (secondary N) is 4. The molecule has 4 fully saturated rings. The van der Waals surface area contributed by atoms with Crippen LogP contribution in [0.1, 0.15) is 53.6 Å². The largest absolute Gasteiger partial charge is 0.380 e. The summed E-state index contributed by atoms with van der Waals surface area (Å²) in [5.41, 5.74) is 2.51. The van der Waals surface area contributed by atoms with Gasteiger partial charge in [-0.15, -0.1) is 0 Å². The Kier molecular flexibility index (Phi) is 6.50. The maximum Gasteiger partial charge on any atom is 0.315 e. The van der Waals surface area contributed by atoms with Crippen molar-refractivity contribution in [3.8, 4) is 0 Å². The minimum Gasteiger partial charge on any atom is -0.380 e. The van der Waals surface area contributed by atoms with E-state index in [-0.39, 0.29) is 35.7 Å². The van der Waals surface area contributed by atoms with E-state index in [1.807, 2.05) is 19.2 Å². The molecule has 0 radical (unpaired) electrons. The van der Waals surface area contributed by atoms with E-state index < -0.39 is 11.9 Å². The third-order valence-corrected chi connectivity index (χ3v) is 7.87. The summed E-state index contributed by atoms with van der Waals surface area (Å²) >= 11 is 0. The van der Waals surface area contributed by atoms with Crippen molar-refractivity contribution in [1.29, 1.82) is 0 Å². The topological polar surface area (TPSA) is 129 Å². The van der Waals surface area contributed by atoms with Crippen LogP contribution in [0.2, 0.25) is 0 Å². The summed E-state index contributed by atoms with van der Waals surface area (Å²) in [5.74, 6) is -0.393. The van der Waals surface area contributed by atoms with Gasteiger partial charge in [-0.05, 0) is 61.3 Å². The molecule has 1 aromatic rings. The molecule has 5 aliphatic rings. The van der Waals surface area contributed by atoms with Crippen LogP contribution in [-0.2, 0) is 27.4 Å². The molecule has 35 heavy (non-hydrogen) atoms. The smallest absolute Gasteiger partial charge is 0.315 e. The monoisotopic (exact) mass is 483 g/mol. The molecule has 0 spiro atoms. The maximum atomic E-state index is 12.8. The predicted octanol–water partition coefficient (Wildman–Crippen LogP) is 0.652. The predicted molar refractivity (Wildman–Crippen MR) is 126 cm³/mol. The summed E-state index contributed by atoms with van der Waals surface area (Å²) in [6.45, 7) is 2.98. The highest BCUT2D eigenvalue weighted by molar-refractivity contribution is 6.05. The first-order chi connectivity index (χ1) is 16.9. The molecule has 10 nitrogen and oxygen atoms in total. The van der Waals surface area contributed by atoms with Crippen molar-refractivity contribution in [2.24, 2.45) is 11.3 Å². The van der Waals surface area contributed by atoms with Crippen molar-refractivity contribution >= 4 is 23.8 Å². The molecule has 10 heteroatoms. The molecule has 3 saturated carbocycles. The number of carbonyl (C=O) groups is 4. The number of hydrogen-bond donors (Lipinski definition) is 4. The van der Waals surface area contributed by atoms with Crippen LogP contribution < -0.4 is 21.3 Å². The van der Waals surface area contributed by atoms with Crippen LogP contribution in [0, 0.1) is 11.3 Å². The SMILES string of the molecule is CNCCOCC12CC(C1)C(NC(=O)NCc1ccc3c(c1)CN(C1CCC(=O)NC1=O)C3=O)C2. The number of rotatable bonds is 9. The third-order valence-electron chi connectivity index (χ3n) is 7.87. The number of ether oxygens (including phenoxy) is 1. The zero-order chi connectivity index (χ0) is 24.6. The number of hydrogen-bond acceptors (Lipinski definition) is 6. The van der Waals surface area contributed by atoms with Gasteiger partial charge in [-0.3, -0.25) is 19.7 Å². The Morgan fingerprint density at radius 2 is 2.06 bits per heavy atom. The number of carbonyl (C=O) groups excluding carboxylic acids is 4. The molecule has 2 aliphatic heterocycles. The summed E-state index contributed by atoms with van der Waals surface area (Å²) in [7, 11) is 1.91. The van der Waals surface area contributed by atoms with Crippen LogP contribution in [-0.4, -0.2) is 67.5 Å². The van der Waals surface area contributed by atoms with Gasteiger partial charge < -0.3 is 25.6 Å². The summed E-state index contributed by atoms with van der Waals surface area (Å²) in [6, 6.07) is 4.85. The van der Waals surface area contributed by atoms with E-state index >= 15 is 0 Å². The molecule has 1 aromatic carbocycles. The van der Waals surface area contributed by atoms with Gasteiger partial charge in [0.15, 0.2) is 0 Å². The van der Waals surface area contributed by atoms with E-state index in [4.69, 9.17) is 4.74 Å². The second-order valence-electron chi connectivity index (χ2n) is 10.4. The van der Waals surface area contributed by atoms with Gasteiger partial charge in [0, 0.05) is 37.7 Å². The highest BCUT2D eigenvalue weighted by Gasteiger charge is 2.56. The van der Waals surface area contributed by atoms with E-state index in [1.165, 1.54) is 4.90 Å². The molecule has 0 aromatic heterocycles. The quantitative estimate of drug-likeness (QED) is 0.302. The molecule has 1 saturated heterocycles. The molecular formula is C25H33N5O5. The fourth-order valence-corrected chi connectivity index (χ4v) is 6.09. The first-order valence-electron chi connectivity index (χ1n) is 12.4. The number of imide groups is 1. The first-order valence-corrected chi connectivity index (χ1v) is 12.4. The van der Waals surface area contributed by atoms with Crippen LogP contribution >= 0.6 is 0 Å². The second kappa shape index (κ2) is 9.58. The van der Waals surface area contributed by atoms with Crippen LogP contribution in [0.25, 0.3) is 0 Å². The lowest BCUT2D eigenvalue weighted by Crippen LogP contribution is -2.52. The lowest BCUT2D eigenvalue weighted by molar-refractivity contribution is -0.136. The van der Waals surface area contributed by atoms with Crippen LogP contribution in [0.4, 0.5) is 4.79 Å². The molecule has 2 bridgehead atoms. The normalized spacial score (nSPS) is 29.0. The minimum atomic E-state index is -0.630. The van der Waals surface area contributed by atoms with E-state index in [9.17, 15) is 19.2 Å². The Labute approximate surface area is 204 Å². The van der Waals surface area contributed by atoms with Crippen LogP contribution in [0.15, 0.2) is 18.2 Å². The lowest BCUT2D eigenvalue weighted by Gasteiger charge is -2.38. The van der Waals surface area contributed by atoms with Crippen molar-refractivity contribution in [2.75, 3.05) is 26.8 Å². The van der Waals surface area contributed by atoms with Gasteiger partial charge in [0.05, 0.1) is 13.2 Å². The minimum absolute atomic E-state index is 0.183. The highest BCUT2D eigenvalue weighted by Crippen LogP contribution is 2.58. The van der Waals surface area contributed by atoms with E-state index in [2.05, 4.69) is 21.3 Å². The molecule has 188 valence electrons. The maximum absolute atomic E-state index is 12.8.